The summed E-state index contributed by atoms with van der Waals surface area (Å²) in [7, 11) is 3.42. The van der Waals surface area contributed by atoms with Gasteiger partial charge in [-0.15, -0.1) is 0 Å². The van der Waals surface area contributed by atoms with Gasteiger partial charge in [0, 0.05) is 31.6 Å². The zero-order chi connectivity index (χ0) is 21.0. The van der Waals surface area contributed by atoms with Crippen LogP contribution in [0.1, 0.15) is 44.3 Å². The summed E-state index contributed by atoms with van der Waals surface area (Å²) < 4.78 is 5.53. The van der Waals surface area contributed by atoms with Crippen LogP contribution in [0.4, 0.5) is 4.79 Å². The van der Waals surface area contributed by atoms with Crippen LogP contribution in [0.25, 0.3) is 0 Å². The summed E-state index contributed by atoms with van der Waals surface area (Å²) in [6, 6.07) is 6.97. The maximum atomic E-state index is 12.5. The van der Waals surface area contributed by atoms with E-state index in [0.29, 0.717) is 18.2 Å². The van der Waals surface area contributed by atoms with E-state index in [9.17, 15) is 14.7 Å². The number of amides is 3. The summed E-state index contributed by atoms with van der Waals surface area (Å²) >= 11 is 1.90. The Bertz CT molecular complexity index is 729. The Kier molecular flexibility index (Phi) is 6.95. The average molecular weight is 422 g/mol. The van der Waals surface area contributed by atoms with E-state index in [1.165, 1.54) is 0 Å². The number of hydrogen-bond acceptors (Lipinski definition) is 5. The number of urea groups is 1. The largest absolute Gasteiger partial charge is 0.508 e. The average Bonchev–Trinajstić information content (AvgIpc) is 3.15. The lowest BCUT2D eigenvalue weighted by Gasteiger charge is -2.24. The lowest BCUT2D eigenvalue weighted by Crippen LogP contribution is -2.47. The highest BCUT2D eigenvalue weighted by atomic mass is 32.2. The van der Waals surface area contributed by atoms with E-state index in [2.05, 4.69) is 17.6 Å². The van der Waals surface area contributed by atoms with Crippen molar-refractivity contribution in [1.29, 1.82) is 0 Å². The van der Waals surface area contributed by atoms with Crippen molar-refractivity contribution in [3.63, 3.8) is 0 Å². The second-order valence-corrected chi connectivity index (χ2v) is 9.41. The van der Waals surface area contributed by atoms with Gasteiger partial charge in [0.25, 0.3) is 0 Å². The second-order valence-electron chi connectivity index (χ2n) is 8.18. The SMILES string of the molecule is CO[C@@H](CN(C)C(=O)CCCC[C@@H]1SC[C@]2(C)NC(=O)N[C@H]12)c1ccc(O)cc1. The van der Waals surface area contributed by atoms with Crippen LogP contribution >= 0.6 is 11.8 Å². The molecule has 0 saturated carbocycles. The fraction of sp³-hybridized carbons (Fsp3) is 0.619. The van der Waals surface area contributed by atoms with Crippen molar-refractivity contribution in [2.45, 2.75) is 55.5 Å². The van der Waals surface area contributed by atoms with E-state index in [4.69, 9.17) is 4.74 Å². The summed E-state index contributed by atoms with van der Waals surface area (Å²) in [6.45, 7) is 2.57. The Morgan fingerprint density at radius 3 is 2.79 bits per heavy atom. The van der Waals surface area contributed by atoms with Crippen LogP contribution in [0.3, 0.4) is 0 Å². The van der Waals surface area contributed by atoms with Gasteiger partial charge < -0.3 is 25.4 Å². The molecule has 0 unspecified atom stereocenters. The van der Waals surface area contributed by atoms with Crippen LogP contribution in [0.15, 0.2) is 24.3 Å². The highest BCUT2D eigenvalue weighted by molar-refractivity contribution is 8.00. The van der Waals surface area contributed by atoms with Crippen molar-refractivity contribution in [2.24, 2.45) is 0 Å². The molecule has 3 rings (SSSR count). The van der Waals surface area contributed by atoms with Crippen LogP contribution in [-0.4, -0.2) is 65.2 Å². The number of carbonyl (C=O) groups is 2. The first kappa shape index (κ1) is 21.8. The number of thioether (sulfide) groups is 1. The maximum absolute atomic E-state index is 12.5. The van der Waals surface area contributed by atoms with Crippen molar-refractivity contribution in [3.8, 4) is 5.75 Å². The van der Waals surface area contributed by atoms with Gasteiger partial charge in [-0.2, -0.15) is 11.8 Å². The first-order valence-corrected chi connectivity index (χ1v) is 11.1. The number of carbonyl (C=O) groups excluding carboxylic acids is 2. The van der Waals surface area contributed by atoms with Crippen molar-refractivity contribution in [3.05, 3.63) is 29.8 Å². The number of benzene rings is 1. The van der Waals surface area contributed by atoms with Gasteiger partial charge in [-0.3, -0.25) is 4.79 Å². The second kappa shape index (κ2) is 9.26. The zero-order valence-corrected chi connectivity index (χ0v) is 18.1. The minimum Gasteiger partial charge on any atom is -0.508 e. The Morgan fingerprint density at radius 1 is 1.38 bits per heavy atom. The van der Waals surface area contributed by atoms with E-state index in [0.717, 1.165) is 30.6 Å². The molecule has 1 aromatic carbocycles. The number of likely N-dealkylation sites (N-methyl/N-ethyl adjacent to an activating group) is 1. The number of hydrogen-bond donors (Lipinski definition) is 3. The van der Waals surface area contributed by atoms with Gasteiger partial charge in [-0.05, 0) is 37.5 Å². The van der Waals surface area contributed by atoms with E-state index in [-0.39, 0.29) is 35.4 Å². The number of fused-ring (bicyclic) bond motifs is 1. The number of methoxy groups -OCH3 is 1. The topological polar surface area (TPSA) is 90.9 Å². The van der Waals surface area contributed by atoms with E-state index in [1.54, 1.807) is 31.2 Å². The van der Waals surface area contributed by atoms with Crippen molar-refractivity contribution in [1.82, 2.24) is 15.5 Å². The van der Waals surface area contributed by atoms with Crippen molar-refractivity contribution in [2.75, 3.05) is 26.5 Å². The molecule has 0 aromatic heterocycles. The van der Waals surface area contributed by atoms with Gasteiger partial charge in [0.1, 0.15) is 5.75 Å². The number of unbranched alkanes of at least 4 members (excludes halogenated alkanes) is 1. The molecule has 3 amide bonds. The number of nitrogens with zero attached hydrogens (tertiary/aromatic N) is 1. The van der Waals surface area contributed by atoms with Gasteiger partial charge in [-0.25, -0.2) is 4.79 Å². The summed E-state index contributed by atoms with van der Waals surface area (Å²) in [4.78, 5) is 25.9. The normalized spacial score (nSPS) is 26.5. The molecule has 0 spiro atoms. The molecule has 7 nitrogen and oxygen atoms in total. The molecule has 0 aliphatic carbocycles. The zero-order valence-electron chi connectivity index (χ0n) is 17.3. The minimum absolute atomic E-state index is 0.0686. The molecule has 2 heterocycles. The Labute approximate surface area is 176 Å². The molecule has 29 heavy (non-hydrogen) atoms. The fourth-order valence-corrected chi connectivity index (χ4v) is 5.80. The number of aromatic hydroxyl groups is 1. The summed E-state index contributed by atoms with van der Waals surface area (Å²) in [5, 5.41) is 15.9. The minimum atomic E-state index is -0.226. The smallest absolute Gasteiger partial charge is 0.315 e. The van der Waals surface area contributed by atoms with Crippen LogP contribution in [0.2, 0.25) is 0 Å². The summed E-state index contributed by atoms with van der Waals surface area (Å²) in [6.07, 6.45) is 3.08. The molecule has 2 aliphatic heterocycles. The van der Waals surface area contributed by atoms with E-state index >= 15 is 0 Å². The highest BCUT2D eigenvalue weighted by Gasteiger charge is 2.51. The van der Waals surface area contributed by atoms with Gasteiger partial charge in [-0.1, -0.05) is 18.6 Å². The lowest BCUT2D eigenvalue weighted by molar-refractivity contribution is -0.131. The number of ether oxygens (including phenoxy) is 1. The fourth-order valence-electron chi connectivity index (χ4n) is 4.10. The maximum Gasteiger partial charge on any atom is 0.315 e. The lowest BCUT2D eigenvalue weighted by atomic mass is 9.92. The third-order valence-electron chi connectivity index (χ3n) is 5.89. The number of phenolic OH excluding ortho intramolecular Hbond substituents is 1. The standard InChI is InChI=1S/C21H31N3O4S/c1-21-13-29-17(19(21)22-20(27)23-21)6-4-5-7-18(26)24(2)12-16(28-3)14-8-10-15(25)11-9-14/h8-11,16-17,19,25H,4-7,12-13H2,1-3H3,(H2,22,23,27)/t16-,17-,19+,21-/m0/s1. The molecule has 160 valence electrons. The first-order chi connectivity index (χ1) is 13.8. The van der Waals surface area contributed by atoms with E-state index in [1.807, 2.05) is 23.9 Å². The third kappa shape index (κ3) is 5.17. The predicted octanol–water partition coefficient (Wildman–Crippen LogP) is 2.65. The third-order valence-corrected chi connectivity index (χ3v) is 7.59. The monoisotopic (exact) mass is 421 g/mol. The molecule has 2 saturated heterocycles. The molecule has 8 heteroatoms. The molecule has 0 bridgehead atoms. The van der Waals surface area contributed by atoms with E-state index < -0.39 is 0 Å². The number of phenols is 1. The Balaban J connectivity index is 1.40. The Morgan fingerprint density at radius 2 is 2.10 bits per heavy atom. The number of rotatable bonds is 9. The van der Waals surface area contributed by atoms with Crippen LogP contribution in [-0.2, 0) is 9.53 Å². The van der Waals surface area contributed by atoms with Gasteiger partial charge in [0.05, 0.1) is 24.2 Å². The van der Waals surface area contributed by atoms with Gasteiger partial charge >= 0.3 is 6.03 Å². The van der Waals surface area contributed by atoms with Crippen molar-refractivity contribution >= 4 is 23.7 Å². The van der Waals surface area contributed by atoms with Crippen LogP contribution in [0, 0.1) is 0 Å². The molecular formula is C21H31N3O4S. The van der Waals surface area contributed by atoms with Crippen molar-refractivity contribution < 1.29 is 19.4 Å². The molecule has 0 radical (unpaired) electrons. The highest BCUT2D eigenvalue weighted by Crippen LogP contribution is 2.39. The summed E-state index contributed by atoms with van der Waals surface area (Å²) in [5.74, 6) is 1.24. The molecule has 4 atom stereocenters. The quantitative estimate of drug-likeness (QED) is 0.421. The van der Waals surface area contributed by atoms with Gasteiger partial charge in [0.2, 0.25) is 5.91 Å². The molecule has 2 fully saturated rings. The number of nitrogens with one attached hydrogen (secondary N) is 2. The molecule has 2 aliphatic rings. The molecule has 3 N–H and O–H groups in total. The first-order valence-electron chi connectivity index (χ1n) is 10.1. The van der Waals surface area contributed by atoms with Crippen LogP contribution in [0.5, 0.6) is 5.75 Å². The van der Waals surface area contributed by atoms with Crippen LogP contribution < -0.4 is 10.6 Å². The Hall–Kier alpha value is -1.93. The molecule has 1 aromatic rings. The summed E-state index contributed by atoms with van der Waals surface area (Å²) in [5.41, 5.74) is 0.782. The predicted molar refractivity (Wildman–Crippen MR) is 114 cm³/mol. The molecular weight excluding hydrogens is 390 g/mol. The van der Waals surface area contributed by atoms with Gasteiger partial charge in [0.15, 0.2) is 0 Å².